The van der Waals surface area contributed by atoms with Crippen LogP contribution in [0, 0.1) is 0 Å². The highest BCUT2D eigenvalue weighted by Gasteiger charge is 2.33. The highest BCUT2D eigenvalue weighted by Crippen LogP contribution is 2.28. The van der Waals surface area contributed by atoms with E-state index in [0.717, 1.165) is 32.2 Å². The molecule has 0 atom stereocenters. The molecule has 0 aromatic carbocycles. The molecule has 1 aromatic heterocycles. The summed E-state index contributed by atoms with van der Waals surface area (Å²) in [5.74, 6) is -0.186. The van der Waals surface area contributed by atoms with E-state index in [1.807, 2.05) is 0 Å². The van der Waals surface area contributed by atoms with E-state index in [2.05, 4.69) is 4.90 Å². The van der Waals surface area contributed by atoms with E-state index in [1.54, 1.807) is 35.3 Å². The van der Waals surface area contributed by atoms with Gasteiger partial charge in [-0.25, -0.2) is 8.42 Å². The monoisotopic (exact) mass is 442 g/mol. The molecular formula is C19H30N4O4S2. The average Bonchev–Trinajstić information content (AvgIpc) is 3.10. The van der Waals surface area contributed by atoms with Gasteiger partial charge in [0, 0.05) is 53.4 Å². The molecule has 162 valence electrons. The number of piperidine rings is 1. The van der Waals surface area contributed by atoms with Crippen LogP contribution in [-0.4, -0.2) is 99.1 Å². The van der Waals surface area contributed by atoms with Crippen molar-refractivity contribution in [2.24, 2.45) is 0 Å². The Morgan fingerprint density at radius 2 is 1.72 bits per heavy atom. The molecule has 0 saturated carbocycles. The van der Waals surface area contributed by atoms with Crippen LogP contribution in [0.25, 0.3) is 0 Å². The number of carbonyl (C=O) groups excluding carboxylic acids is 2. The summed E-state index contributed by atoms with van der Waals surface area (Å²) < 4.78 is 27.7. The Hall–Kier alpha value is -1.49. The maximum Gasteiger partial charge on any atom is 0.265 e. The number of hydrogen-bond donors (Lipinski definition) is 0. The van der Waals surface area contributed by atoms with Gasteiger partial charge in [-0.1, -0.05) is 6.42 Å². The summed E-state index contributed by atoms with van der Waals surface area (Å²) in [4.78, 5) is 30.9. The zero-order chi connectivity index (χ0) is 21.0. The first kappa shape index (κ1) is 22.2. The lowest BCUT2D eigenvalue weighted by Crippen LogP contribution is -2.40. The molecule has 0 aliphatic carbocycles. The summed E-state index contributed by atoms with van der Waals surface area (Å²) in [6.45, 7) is 3.77. The topological polar surface area (TPSA) is 81.2 Å². The number of carbonyl (C=O) groups is 2. The Kier molecular flexibility index (Phi) is 7.31. The first-order chi connectivity index (χ1) is 13.8. The van der Waals surface area contributed by atoms with Crippen molar-refractivity contribution in [3.05, 3.63) is 16.3 Å². The number of sulfonamides is 1. The van der Waals surface area contributed by atoms with Crippen LogP contribution in [0.15, 0.2) is 16.3 Å². The fraction of sp³-hybridized carbons (Fsp3) is 0.684. The van der Waals surface area contributed by atoms with Crippen molar-refractivity contribution in [2.75, 3.05) is 59.9 Å². The quantitative estimate of drug-likeness (QED) is 0.684. The fourth-order valence-electron chi connectivity index (χ4n) is 3.71. The lowest BCUT2D eigenvalue weighted by molar-refractivity contribution is -0.129. The second kappa shape index (κ2) is 9.55. The molecule has 2 aliphatic heterocycles. The molecule has 1 aromatic rings. The Bertz CT molecular complexity index is 831. The number of amides is 2. The van der Waals surface area contributed by atoms with Crippen molar-refractivity contribution in [2.45, 2.75) is 30.6 Å². The van der Waals surface area contributed by atoms with Crippen molar-refractivity contribution in [3.63, 3.8) is 0 Å². The van der Waals surface area contributed by atoms with Gasteiger partial charge in [0.15, 0.2) is 0 Å². The minimum absolute atomic E-state index is 0.0398. The lowest BCUT2D eigenvalue weighted by Gasteiger charge is -2.26. The third kappa shape index (κ3) is 5.17. The van der Waals surface area contributed by atoms with E-state index in [1.165, 1.54) is 15.6 Å². The van der Waals surface area contributed by atoms with E-state index < -0.39 is 10.0 Å². The highest BCUT2D eigenvalue weighted by molar-refractivity contribution is 7.89. The van der Waals surface area contributed by atoms with Crippen molar-refractivity contribution >= 4 is 33.2 Å². The number of rotatable bonds is 5. The summed E-state index contributed by atoms with van der Waals surface area (Å²) in [6.07, 6.45) is 3.52. The molecule has 8 nitrogen and oxygen atoms in total. The average molecular weight is 443 g/mol. The summed E-state index contributed by atoms with van der Waals surface area (Å²) in [7, 11) is -0.176. The van der Waals surface area contributed by atoms with Crippen LogP contribution < -0.4 is 0 Å². The van der Waals surface area contributed by atoms with E-state index in [9.17, 15) is 18.0 Å². The second-order valence-electron chi connectivity index (χ2n) is 7.79. The van der Waals surface area contributed by atoms with Gasteiger partial charge in [-0.05, 0) is 30.7 Å². The Labute approximate surface area is 177 Å². The van der Waals surface area contributed by atoms with Crippen LogP contribution in [0.3, 0.4) is 0 Å². The summed E-state index contributed by atoms with van der Waals surface area (Å²) in [6, 6.07) is 1.56. The summed E-state index contributed by atoms with van der Waals surface area (Å²) >= 11 is 1.19. The molecule has 10 heteroatoms. The standard InChI is InChI=1S/C19H30N4O4S2/c1-20(2)17(24)15-21-8-6-9-22(13-12-21)19(25)18-16(7-14-28-18)29(26,27)23-10-4-3-5-11-23/h7,14H,3-6,8-13,15H2,1-2H3. The molecule has 3 rings (SSSR count). The Morgan fingerprint density at radius 3 is 2.41 bits per heavy atom. The molecule has 2 fully saturated rings. The maximum atomic E-state index is 13.2. The first-order valence-corrected chi connectivity index (χ1v) is 12.4. The molecule has 0 unspecified atom stereocenters. The Morgan fingerprint density at radius 1 is 1.00 bits per heavy atom. The van der Waals surface area contributed by atoms with Crippen molar-refractivity contribution in [3.8, 4) is 0 Å². The van der Waals surface area contributed by atoms with Crippen LogP contribution >= 0.6 is 11.3 Å². The van der Waals surface area contributed by atoms with Crippen LogP contribution in [0.2, 0.25) is 0 Å². The van der Waals surface area contributed by atoms with Gasteiger partial charge < -0.3 is 9.80 Å². The van der Waals surface area contributed by atoms with E-state index in [-0.39, 0.29) is 16.7 Å². The van der Waals surface area contributed by atoms with Crippen LogP contribution in [0.5, 0.6) is 0 Å². The van der Waals surface area contributed by atoms with Gasteiger partial charge >= 0.3 is 0 Å². The zero-order valence-corrected chi connectivity index (χ0v) is 18.8. The Balaban J connectivity index is 1.70. The molecular weight excluding hydrogens is 412 g/mol. The predicted octanol–water partition coefficient (Wildman–Crippen LogP) is 1.16. The second-order valence-corrected chi connectivity index (χ2v) is 10.6. The molecule has 29 heavy (non-hydrogen) atoms. The van der Waals surface area contributed by atoms with E-state index in [4.69, 9.17) is 0 Å². The molecule has 2 aliphatic rings. The third-order valence-corrected chi connectivity index (χ3v) is 8.46. The normalized spacial score (nSPS) is 19.7. The van der Waals surface area contributed by atoms with Gasteiger partial charge in [0.1, 0.15) is 9.77 Å². The van der Waals surface area contributed by atoms with Gasteiger partial charge in [0.2, 0.25) is 15.9 Å². The smallest absolute Gasteiger partial charge is 0.265 e. The number of nitrogens with zero attached hydrogens (tertiary/aromatic N) is 4. The van der Waals surface area contributed by atoms with Crippen molar-refractivity contribution in [1.29, 1.82) is 0 Å². The first-order valence-electron chi connectivity index (χ1n) is 10.1. The van der Waals surface area contributed by atoms with Gasteiger partial charge in [0.25, 0.3) is 5.91 Å². The molecule has 0 N–H and O–H groups in total. The van der Waals surface area contributed by atoms with Crippen LogP contribution in [-0.2, 0) is 14.8 Å². The SMILES string of the molecule is CN(C)C(=O)CN1CCCN(C(=O)c2sccc2S(=O)(=O)N2CCCCC2)CC1. The van der Waals surface area contributed by atoms with Crippen LogP contribution in [0.1, 0.15) is 35.4 Å². The minimum Gasteiger partial charge on any atom is -0.348 e. The summed E-state index contributed by atoms with van der Waals surface area (Å²) in [5, 5.41) is 1.68. The maximum absolute atomic E-state index is 13.2. The zero-order valence-electron chi connectivity index (χ0n) is 17.2. The van der Waals surface area contributed by atoms with E-state index >= 15 is 0 Å². The summed E-state index contributed by atoms with van der Waals surface area (Å²) in [5.41, 5.74) is 0. The minimum atomic E-state index is -3.64. The molecule has 2 saturated heterocycles. The lowest BCUT2D eigenvalue weighted by atomic mass is 10.2. The number of likely N-dealkylation sites (N-methyl/N-ethyl adjacent to an activating group) is 1. The fourth-order valence-corrected chi connectivity index (χ4v) is 6.59. The van der Waals surface area contributed by atoms with Crippen LogP contribution in [0.4, 0.5) is 0 Å². The molecule has 0 bridgehead atoms. The molecule has 0 radical (unpaired) electrons. The number of hydrogen-bond acceptors (Lipinski definition) is 6. The molecule has 0 spiro atoms. The largest absolute Gasteiger partial charge is 0.348 e. The van der Waals surface area contributed by atoms with Gasteiger partial charge in [-0.2, -0.15) is 4.31 Å². The van der Waals surface area contributed by atoms with Gasteiger partial charge in [-0.3, -0.25) is 14.5 Å². The predicted molar refractivity (Wildman–Crippen MR) is 113 cm³/mol. The highest BCUT2D eigenvalue weighted by atomic mass is 32.2. The van der Waals surface area contributed by atoms with Gasteiger partial charge in [0.05, 0.1) is 6.54 Å². The number of thiophene rings is 1. The molecule has 3 heterocycles. The van der Waals surface area contributed by atoms with Crippen molar-refractivity contribution < 1.29 is 18.0 Å². The van der Waals surface area contributed by atoms with Crippen molar-refractivity contribution in [1.82, 2.24) is 19.0 Å². The van der Waals surface area contributed by atoms with E-state index in [0.29, 0.717) is 44.1 Å². The van der Waals surface area contributed by atoms with Gasteiger partial charge in [-0.15, -0.1) is 11.3 Å². The third-order valence-electron chi connectivity index (χ3n) is 5.49. The molecule has 2 amide bonds.